The van der Waals surface area contributed by atoms with Gasteiger partial charge in [0.15, 0.2) is 11.6 Å². The number of nitrogens with zero attached hydrogens (tertiary/aromatic N) is 5. The minimum atomic E-state index is -4.58. The van der Waals surface area contributed by atoms with Gasteiger partial charge >= 0.3 is 6.18 Å². The first-order chi connectivity index (χ1) is 21.8. The number of nitrogens with one attached hydrogen (secondary N) is 3. The molecule has 0 radical (unpaired) electrons. The molecule has 4 aliphatic rings. The van der Waals surface area contributed by atoms with Crippen LogP contribution in [0.1, 0.15) is 75.1 Å². The summed E-state index contributed by atoms with van der Waals surface area (Å²) in [5, 5.41) is 19.9. The highest BCUT2D eigenvalue weighted by molar-refractivity contribution is 5.92. The lowest BCUT2D eigenvalue weighted by Crippen LogP contribution is -2.74. The first-order valence-electron chi connectivity index (χ1n) is 16.0. The van der Waals surface area contributed by atoms with Gasteiger partial charge in [0.05, 0.1) is 6.33 Å². The fourth-order valence-electron chi connectivity index (χ4n) is 7.88. The van der Waals surface area contributed by atoms with Crippen LogP contribution in [0.25, 0.3) is 10.9 Å². The molecule has 3 aromatic rings. The molecule has 7 rings (SSSR count). The van der Waals surface area contributed by atoms with Gasteiger partial charge in [-0.2, -0.15) is 18.4 Å². The molecular weight excluding hydrogens is 597 g/mol. The Kier molecular flexibility index (Phi) is 8.29. The van der Waals surface area contributed by atoms with Gasteiger partial charge < -0.3 is 25.1 Å². The number of amides is 2. The number of fused-ring (bicyclic) bond motifs is 1. The highest BCUT2D eigenvalue weighted by Crippen LogP contribution is 2.69. The Morgan fingerprint density at radius 2 is 1.87 bits per heavy atom. The third-order valence-electron chi connectivity index (χ3n) is 10.2. The van der Waals surface area contributed by atoms with Crippen molar-refractivity contribution >= 4 is 34.4 Å². The molecule has 0 spiro atoms. The Bertz CT molecular complexity index is 1670. The van der Waals surface area contributed by atoms with Crippen LogP contribution in [0.2, 0.25) is 0 Å². The van der Waals surface area contributed by atoms with Gasteiger partial charge in [0.25, 0.3) is 0 Å². The average molecular weight is 639 g/mol. The number of alkyl halides is 3. The monoisotopic (exact) mass is 638 g/mol. The quantitative estimate of drug-likeness (QED) is 0.260. The van der Waals surface area contributed by atoms with Crippen molar-refractivity contribution in [1.82, 2.24) is 24.3 Å². The van der Waals surface area contributed by atoms with E-state index < -0.39 is 18.5 Å². The van der Waals surface area contributed by atoms with Crippen LogP contribution in [-0.4, -0.2) is 61.7 Å². The van der Waals surface area contributed by atoms with Crippen LogP contribution >= 0.6 is 0 Å². The number of benzene rings is 1. The first kappa shape index (κ1) is 31.9. The molecule has 3 saturated carbocycles. The van der Waals surface area contributed by atoms with E-state index >= 15 is 0 Å². The third-order valence-corrected chi connectivity index (χ3v) is 10.2. The maximum Gasteiger partial charge on any atom is 0.397 e. The highest BCUT2D eigenvalue weighted by Gasteiger charge is 2.67. The Labute approximate surface area is 266 Å². The Hall–Kier alpha value is -4.05. The summed E-state index contributed by atoms with van der Waals surface area (Å²) in [4.78, 5) is 30.2. The average Bonchev–Trinajstić information content (AvgIpc) is 3.50. The summed E-state index contributed by atoms with van der Waals surface area (Å²) in [6, 6.07) is 8.79. The number of imidazole rings is 1. The summed E-state index contributed by atoms with van der Waals surface area (Å²) in [6.07, 6.45) is 1.57. The van der Waals surface area contributed by atoms with Gasteiger partial charge in [-0.3, -0.25) is 14.5 Å². The number of nitriles is 1. The fourth-order valence-corrected chi connectivity index (χ4v) is 7.88. The van der Waals surface area contributed by atoms with Gasteiger partial charge in [-0.1, -0.05) is 13.0 Å². The van der Waals surface area contributed by atoms with Crippen LogP contribution < -0.4 is 16.0 Å². The topological polar surface area (TPSA) is 120 Å². The fraction of sp³-hybridized carbons (Fsp3) is 0.576. The second-order valence-corrected chi connectivity index (χ2v) is 13.6. The summed E-state index contributed by atoms with van der Waals surface area (Å²) < 4.78 is 41.7. The summed E-state index contributed by atoms with van der Waals surface area (Å²) in [5.74, 6) is -0.430. The smallest absolute Gasteiger partial charge is 0.366 e. The Morgan fingerprint density at radius 3 is 2.52 bits per heavy atom. The van der Waals surface area contributed by atoms with Crippen LogP contribution in [0.5, 0.6) is 0 Å². The maximum absolute atomic E-state index is 12.6. The van der Waals surface area contributed by atoms with Gasteiger partial charge in [0.2, 0.25) is 11.8 Å². The largest absolute Gasteiger partial charge is 0.397 e. The number of likely N-dealkylation sites (tertiary alicyclic amines) is 1. The zero-order valence-corrected chi connectivity index (χ0v) is 26.6. The number of carbonyl (C=O) groups is 2. The van der Waals surface area contributed by atoms with E-state index in [9.17, 15) is 28.0 Å². The number of piperidine rings is 1. The van der Waals surface area contributed by atoms with Gasteiger partial charge in [-0.05, 0) is 74.1 Å². The zero-order chi connectivity index (χ0) is 32.9. The lowest BCUT2D eigenvalue weighted by Gasteiger charge is -2.71. The van der Waals surface area contributed by atoms with Crippen LogP contribution in [0.4, 0.5) is 24.8 Å². The lowest BCUT2D eigenvalue weighted by molar-refractivity contribution is -0.169. The van der Waals surface area contributed by atoms with E-state index in [2.05, 4.69) is 55.5 Å². The molecule has 1 aliphatic heterocycles. The molecule has 10 nitrogen and oxygen atoms in total. The van der Waals surface area contributed by atoms with E-state index in [0.717, 1.165) is 75.6 Å². The van der Waals surface area contributed by atoms with Crippen molar-refractivity contribution in [3.8, 4) is 6.07 Å². The molecule has 4 fully saturated rings. The predicted molar refractivity (Wildman–Crippen MR) is 168 cm³/mol. The maximum atomic E-state index is 12.6. The Balaban J connectivity index is 1.04. The van der Waals surface area contributed by atoms with Crippen LogP contribution in [-0.2, 0) is 29.7 Å². The standard InChI is InChI=1S/C33H41F3N8O2/c1-4-27(45)41-32-17-31(18-32,19-32)9-12-44-24(15-37)13-25-21(2)22(5-6-26(25)44)16-43-10-7-23(8-11-43)39-30-29(38-20-42(30)3)40-28(46)14-33(34,35)36/h5-6,13,20,23,39H,4,7-12,14,16-19H2,1-3H3,(H,40,46)(H,41,45). The van der Waals surface area contributed by atoms with E-state index in [1.165, 1.54) is 17.5 Å². The molecule has 13 heteroatoms. The van der Waals surface area contributed by atoms with Crippen molar-refractivity contribution in [3.05, 3.63) is 41.3 Å². The number of hydrogen-bond acceptors (Lipinski definition) is 6. The van der Waals surface area contributed by atoms with E-state index in [1.807, 2.05) is 13.0 Å². The predicted octanol–water partition coefficient (Wildman–Crippen LogP) is 5.36. The minimum absolute atomic E-state index is 0.0126. The molecule has 2 amide bonds. The molecule has 0 unspecified atom stereocenters. The molecule has 1 saturated heterocycles. The molecule has 3 heterocycles. The van der Waals surface area contributed by atoms with Crippen molar-refractivity contribution in [1.29, 1.82) is 5.26 Å². The van der Waals surface area contributed by atoms with Gasteiger partial charge in [-0.25, -0.2) is 4.98 Å². The molecule has 246 valence electrons. The molecule has 46 heavy (non-hydrogen) atoms. The molecule has 2 aromatic heterocycles. The van der Waals surface area contributed by atoms with Crippen molar-refractivity contribution < 1.29 is 22.8 Å². The Morgan fingerprint density at radius 1 is 1.15 bits per heavy atom. The van der Waals surface area contributed by atoms with Crippen LogP contribution in [0.3, 0.4) is 0 Å². The number of carbonyl (C=O) groups excluding carboxylic acids is 2. The summed E-state index contributed by atoms with van der Waals surface area (Å²) in [5.41, 5.74) is 4.43. The molecule has 0 atom stereocenters. The van der Waals surface area contributed by atoms with E-state index in [-0.39, 0.29) is 28.7 Å². The van der Waals surface area contributed by atoms with E-state index in [0.29, 0.717) is 17.9 Å². The number of halogens is 3. The number of hydrogen-bond donors (Lipinski definition) is 3. The zero-order valence-electron chi connectivity index (χ0n) is 26.6. The van der Waals surface area contributed by atoms with Gasteiger partial charge in [-0.15, -0.1) is 0 Å². The third kappa shape index (κ3) is 6.32. The van der Waals surface area contributed by atoms with Crippen molar-refractivity contribution in [3.63, 3.8) is 0 Å². The molecule has 1 aromatic carbocycles. The van der Waals surface area contributed by atoms with Crippen molar-refractivity contribution in [2.75, 3.05) is 23.7 Å². The molecule has 3 N–H and O–H groups in total. The van der Waals surface area contributed by atoms with Crippen LogP contribution in [0, 0.1) is 23.7 Å². The number of aryl methyl sites for hydroxylation is 3. The first-order valence-corrected chi connectivity index (χ1v) is 16.0. The van der Waals surface area contributed by atoms with Gasteiger partial charge in [0.1, 0.15) is 18.2 Å². The normalized spacial score (nSPS) is 23.0. The number of anilines is 2. The second kappa shape index (κ2) is 12.0. The lowest BCUT2D eigenvalue weighted by atomic mass is 9.38. The summed E-state index contributed by atoms with van der Waals surface area (Å²) in [6.45, 7) is 7.22. The summed E-state index contributed by atoms with van der Waals surface area (Å²) >= 11 is 0. The van der Waals surface area contributed by atoms with Gasteiger partial charge in [0, 0.05) is 62.1 Å². The van der Waals surface area contributed by atoms with Crippen LogP contribution in [0.15, 0.2) is 24.5 Å². The van der Waals surface area contributed by atoms with E-state index in [1.54, 1.807) is 11.6 Å². The highest BCUT2D eigenvalue weighted by atomic mass is 19.4. The molecule has 2 bridgehead atoms. The minimum Gasteiger partial charge on any atom is -0.366 e. The number of aromatic nitrogens is 3. The number of rotatable bonds is 11. The SMILES string of the molecule is CCC(=O)NC12CC(CCn3c(C#N)cc4c(C)c(CN5CCC(Nc6c(NC(=O)CC(F)(F)F)ncn6C)CC5)ccc43)(C1)C2. The molecule has 3 aliphatic carbocycles. The van der Waals surface area contributed by atoms with Crippen molar-refractivity contribution in [2.24, 2.45) is 12.5 Å². The van der Waals surface area contributed by atoms with E-state index in [4.69, 9.17) is 0 Å². The van der Waals surface area contributed by atoms with Crippen molar-refractivity contribution in [2.45, 2.75) is 96.1 Å². The second-order valence-electron chi connectivity index (χ2n) is 13.6. The summed E-state index contributed by atoms with van der Waals surface area (Å²) in [7, 11) is 1.73. The molecular formula is C33H41F3N8O2.